The normalized spacial score (nSPS) is 16.8. The number of likely N-dealkylation sites (tertiary alicyclic amines) is 1. The third-order valence-electron chi connectivity index (χ3n) is 7.89. The van der Waals surface area contributed by atoms with Crippen molar-refractivity contribution in [2.45, 2.75) is 63.3 Å². The minimum Gasteiger partial charge on any atom is -0.548 e. The van der Waals surface area contributed by atoms with Crippen molar-refractivity contribution in [2.75, 3.05) is 13.1 Å². The van der Waals surface area contributed by atoms with E-state index in [9.17, 15) is 14.7 Å². The number of carboxylic acid groups (broad SMARTS) is 1. The molecule has 8 nitrogen and oxygen atoms in total. The fourth-order valence-electron chi connectivity index (χ4n) is 6.08. The van der Waals surface area contributed by atoms with Gasteiger partial charge in [0.15, 0.2) is 0 Å². The number of aliphatic carboxylic acids is 1. The molecule has 1 aliphatic rings. The number of amides is 1. The van der Waals surface area contributed by atoms with Crippen molar-refractivity contribution in [3.8, 4) is 0 Å². The Balaban J connectivity index is 1.46. The SMILES string of the molecule is CC(C)(C)OC(=O)N[C@H]1CCCN([C@@H](Cc2cn(C(c3ccccc3)(c3ccccc3)c3ccccc3)cn2)C(=O)[O-])C1. The summed E-state index contributed by atoms with van der Waals surface area (Å²) in [5.74, 6) is -1.16. The zero-order valence-electron chi connectivity index (χ0n) is 25.0. The van der Waals surface area contributed by atoms with E-state index in [-0.39, 0.29) is 12.5 Å². The Morgan fingerprint density at radius 1 is 0.930 bits per heavy atom. The summed E-state index contributed by atoms with van der Waals surface area (Å²) in [5, 5.41) is 15.4. The van der Waals surface area contributed by atoms with E-state index in [1.54, 1.807) is 6.33 Å². The number of aromatic nitrogens is 2. The zero-order chi connectivity index (χ0) is 30.5. The van der Waals surface area contributed by atoms with E-state index in [0.29, 0.717) is 18.8 Å². The number of carbonyl (C=O) groups is 2. The Bertz CT molecular complexity index is 1400. The van der Waals surface area contributed by atoms with E-state index >= 15 is 0 Å². The quantitative estimate of drug-likeness (QED) is 0.296. The van der Waals surface area contributed by atoms with Crippen LogP contribution < -0.4 is 10.4 Å². The van der Waals surface area contributed by atoms with Gasteiger partial charge in [-0.1, -0.05) is 91.0 Å². The lowest BCUT2D eigenvalue weighted by atomic mass is 9.77. The van der Waals surface area contributed by atoms with Gasteiger partial charge in [-0.2, -0.15) is 0 Å². The minimum absolute atomic E-state index is 0.170. The molecule has 1 aromatic heterocycles. The number of piperidine rings is 1. The predicted molar refractivity (Wildman–Crippen MR) is 163 cm³/mol. The van der Waals surface area contributed by atoms with E-state index in [1.165, 1.54) is 0 Å². The Morgan fingerprint density at radius 3 is 1.95 bits per heavy atom. The molecule has 224 valence electrons. The van der Waals surface area contributed by atoms with Crippen LogP contribution >= 0.6 is 0 Å². The number of nitrogens with zero attached hydrogens (tertiary/aromatic N) is 3. The highest BCUT2D eigenvalue weighted by Gasteiger charge is 2.38. The molecule has 1 aliphatic heterocycles. The molecule has 1 saturated heterocycles. The lowest BCUT2D eigenvalue weighted by Crippen LogP contribution is -2.56. The molecule has 1 N–H and O–H groups in total. The number of hydrogen-bond donors (Lipinski definition) is 1. The Labute approximate surface area is 253 Å². The van der Waals surface area contributed by atoms with E-state index in [2.05, 4.69) is 46.3 Å². The van der Waals surface area contributed by atoms with Crippen molar-refractivity contribution < 1.29 is 19.4 Å². The van der Waals surface area contributed by atoms with Crippen molar-refractivity contribution in [1.82, 2.24) is 19.8 Å². The molecule has 4 aromatic rings. The smallest absolute Gasteiger partial charge is 0.407 e. The van der Waals surface area contributed by atoms with Gasteiger partial charge >= 0.3 is 6.09 Å². The molecule has 2 atom stereocenters. The monoisotopic (exact) mass is 579 g/mol. The van der Waals surface area contributed by atoms with Crippen LogP contribution in [0, 0.1) is 0 Å². The lowest BCUT2D eigenvalue weighted by molar-refractivity contribution is -0.312. The molecule has 43 heavy (non-hydrogen) atoms. The molecule has 0 bridgehead atoms. The number of rotatable bonds is 9. The maximum Gasteiger partial charge on any atom is 0.407 e. The van der Waals surface area contributed by atoms with E-state index in [4.69, 9.17) is 9.72 Å². The summed E-state index contributed by atoms with van der Waals surface area (Å²) in [6, 6.07) is 29.7. The van der Waals surface area contributed by atoms with Gasteiger partial charge < -0.3 is 24.5 Å². The van der Waals surface area contributed by atoms with Crippen LogP contribution in [0.4, 0.5) is 4.79 Å². The Morgan fingerprint density at radius 2 is 1.47 bits per heavy atom. The third-order valence-corrected chi connectivity index (χ3v) is 7.89. The number of ether oxygens (including phenoxy) is 1. The summed E-state index contributed by atoms with van der Waals surface area (Å²) >= 11 is 0. The number of alkyl carbamates (subject to hydrolysis) is 1. The standard InChI is InChI=1S/C35H40N4O4/c1-34(2,3)43-33(42)37-29-20-13-21-38(23-29)31(32(40)41)22-30-24-39(25-36-30)35(26-14-7-4-8-15-26,27-16-9-5-10-17-27)28-18-11-6-12-19-28/h4-12,14-19,24-25,29,31H,13,20-23H2,1-3H3,(H,37,42)(H,40,41)/p-1/t29-,31-/m0/s1. The van der Waals surface area contributed by atoms with Crippen LogP contribution in [0.2, 0.25) is 0 Å². The Kier molecular flexibility index (Phi) is 8.97. The van der Waals surface area contributed by atoms with Crippen LogP contribution in [-0.2, 0) is 21.5 Å². The number of carboxylic acids is 1. The van der Waals surface area contributed by atoms with Gasteiger partial charge in [-0.15, -0.1) is 0 Å². The molecule has 8 heteroatoms. The number of nitrogens with one attached hydrogen (secondary N) is 1. The second kappa shape index (κ2) is 12.8. The first-order valence-corrected chi connectivity index (χ1v) is 14.8. The molecule has 0 aliphatic carbocycles. The fraction of sp³-hybridized carbons (Fsp3) is 0.343. The van der Waals surface area contributed by atoms with Crippen LogP contribution in [0.25, 0.3) is 0 Å². The van der Waals surface area contributed by atoms with Gasteiger partial charge in [-0.05, 0) is 56.8 Å². The number of hydrogen-bond acceptors (Lipinski definition) is 6. The summed E-state index contributed by atoms with van der Waals surface area (Å²) < 4.78 is 7.49. The molecular formula is C35H39N4O4-. The second-order valence-electron chi connectivity index (χ2n) is 12.1. The molecule has 1 amide bonds. The molecule has 0 radical (unpaired) electrons. The highest BCUT2D eigenvalue weighted by atomic mass is 16.6. The van der Waals surface area contributed by atoms with Gasteiger partial charge in [-0.3, -0.25) is 4.90 Å². The number of carbonyl (C=O) groups excluding carboxylic acids is 2. The average molecular weight is 580 g/mol. The molecule has 0 spiro atoms. The third kappa shape index (κ3) is 6.81. The molecule has 2 heterocycles. The maximum absolute atomic E-state index is 12.5. The summed E-state index contributed by atoms with van der Waals surface area (Å²) in [7, 11) is 0. The van der Waals surface area contributed by atoms with Gasteiger partial charge in [0.25, 0.3) is 0 Å². The molecule has 5 rings (SSSR count). The number of imidazole rings is 1. The van der Waals surface area contributed by atoms with Gasteiger partial charge in [0.1, 0.15) is 11.1 Å². The summed E-state index contributed by atoms with van der Waals surface area (Å²) in [6.07, 6.45) is 4.90. The van der Waals surface area contributed by atoms with Gasteiger partial charge in [0.2, 0.25) is 0 Å². The first-order chi connectivity index (χ1) is 20.7. The predicted octanol–water partition coefficient (Wildman–Crippen LogP) is 4.37. The van der Waals surface area contributed by atoms with E-state index < -0.39 is 29.2 Å². The largest absolute Gasteiger partial charge is 0.548 e. The van der Waals surface area contributed by atoms with Crippen molar-refractivity contribution in [3.63, 3.8) is 0 Å². The fourth-order valence-corrected chi connectivity index (χ4v) is 6.08. The van der Waals surface area contributed by atoms with Gasteiger partial charge in [0, 0.05) is 25.2 Å². The van der Waals surface area contributed by atoms with Crippen LogP contribution in [0.15, 0.2) is 104 Å². The van der Waals surface area contributed by atoms with Gasteiger partial charge in [-0.25, -0.2) is 9.78 Å². The van der Waals surface area contributed by atoms with Gasteiger partial charge in [0.05, 0.1) is 24.0 Å². The maximum atomic E-state index is 12.5. The minimum atomic E-state index is -1.16. The first-order valence-electron chi connectivity index (χ1n) is 14.8. The molecule has 0 saturated carbocycles. The average Bonchev–Trinajstić information content (AvgIpc) is 3.46. The number of benzene rings is 3. The Hall–Kier alpha value is -4.43. The van der Waals surface area contributed by atoms with Crippen molar-refractivity contribution in [1.29, 1.82) is 0 Å². The van der Waals surface area contributed by atoms with Crippen LogP contribution in [0.5, 0.6) is 0 Å². The van der Waals surface area contributed by atoms with Crippen molar-refractivity contribution in [2.24, 2.45) is 0 Å². The summed E-state index contributed by atoms with van der Waals surface area (Å²) in [5.41, 5.74) is 2.46. The lowest BCUT2D eigenvalue weighted by Gasteiger charge is -2.39. The first kappa shape index (κ1) is 30.0. The molecule has 3 aromatic carbocycles. The topological polar surface area (TPSA) is 99.5 Å². The summed E-state index contributed by atoms with van der Waals surface area (Å²) in [4.78, 5) is 31.5. The van der Waals surface area contributed by atoms with Crippen LogP contribution in [0.3, 0.4) is 0 Å². The molecular weight excluding hydrogens is 540 g/mol. The summed E-state index contributed by atoms with van der Waals surface area (Å²) in [6.45, 7) is 6.42. The highest BCUT2D eigenvalue weighted by molar-refractivity contribution is 5.72. The molecule has 1 fully saturated rings. The van der Waals surface area contributed by atoms with E-state index in [1.807, 2.05) is 86.5 Å². The van der Waals surface area contributed by atoms with Crippen LogP contribution in [0.1, 0.15) is 56.0 Å². The van der Waals surface area contributed by atoms with Crippen molar-refractivity contribution >= 4 is 12.1 Å². The van der Waals surface area contributed by atoms with Crippen LogP contribution in [-0.4, -0.2) is 57.3 Å². The van der Waals surface area contributed by atoms with Crippen molar-refractivity contribution in [3.05, 3.63) is 126 Å². The second-order valence-corrected chi connectivity index (χ2v) is 12.1. The zero-order valence-corrected chi connectivity index (χ0v) is 25.0. The van der Waals surface area contributed by atoms with E-state index in [0.717, 1.165) is 29.5 Å². The highest BCUT2D eigenvalue weighted by Crippen LogP contribution is 2.40. The molecule has 0 unspecified atom stereocenters.